The van der Waals surface area contributed by atoms with Gasteiger partial charge in [0.25, 0.3) is 0 Å². The standard InChI is InChI=1S/C13H17ClN2S/c14-12-8-10(5-6-11(12)13(15)17)16-7-1-2-9-3-4-9/h5-6,8-9,16H,1-4,7H2,(H2,15,17). The van der Waals surface area contributed by atoms with Crippen LogP contribution in [0.3, 0.4) is 0 Å². The van der Waals surface area contributed by atoms with Crippen LogP contribution in [-0.2, 0) is 0 Å². The Morgan fingerprint density at radius 2 is 2.24 bits per heavy atom. The minimum Gasteiger partial charge on any atom is -0.389 e. The highest BCUT2D eigenvalue weighted by molar-refractivity contribution is 7.80. The maximum atomic E-state index is 6.09. The Labute approximate surface area is 113 Å². The van der Waals surface area contributed by atoms with E-state index in [2.05, 4.69) is 5.32 Å². The van der Waals surface area contributed by atoms with Crippen molar-refractivity contribution in [3.05, 3.63) is 28.8 Å². The van der Waals surface area contributed by atoms with E-state index in [0.29, 0.717) is 10.0 Å². The number of hydrogen-bond donors (Lipinski definition) is 2. The highest BCUT2D eigenvalue weighted by atomic mass is 35.5. The van der Waals surface area contributed by atoms with E-state index in [1.54, 1.807) is 0 Å². The zero-order chi connectivity index (χ0) is 12.3. The van der Waals surface area contributed by atoms with Crippen molar-refractivity contribution < 1.29 is 0 Å². The minimum absolute atomic E-state index is 0.343. The van der Waals surface area contributed by atoms with Gasteiger partial charge < -0.3 is 11.1 Å². The third-order valence-electron chi connectivity index (χ3n) is 3.05. The van der Waals surface area contributed by atoms with Crippen LogP contribution >= 0.6 is 23.8 Å². The van der Waals surface area contributed by atoms with Crippen molar-refractivity contribution in [2.45, 2.75) is 25.7 Å². The maximum Gasteiger partial charge on any atom is 0.105 e. The summed E-state index contributed by atoms with van der Waals surface area (Å²) < 4.78 is 0. The van der Waals surface area contributed by atoms with Crippen LogP contribution in [0, 0.1) is 5.92 Å². The molecule has 0 aliphatic heterocycles. The van der Waals surface area contributed by atoms with Crippen molar-refractivity contribution in [3.8, 4) is 0 Å². The molecule has 0 aromatic heterocycles. The SMILES string of the molecule is NC(=S)c1ccc(NCCCC2CC2)cc1Cl. The van der Waals surface area contributed by atoms with Crippen LogP contribution in [0.2, 0.25) is 5.02 Å². The van der Waals surface area contributed by atoms with Crippen LogP contribution < -0.4 is 11.1 Å². The number of hydrogen-bond acceptors (Lipinski definition) is 2. The molecule has 1 aromatic rings. The number of nitrogens with two attached hydrogens (primary N) is 1. The van der Waals surface area contributed by atoms with Gasteiger partial charge in [-0.25, -0.2) is 0 Å². The van der Waals surface area contributed by atoms with Gasteiger partial charge in [-0.2, -0.15) is 0 Å². The first-order chi connectivity index (χ1) is 8.16. The number of benzene rings is 1. The number of anilines is 1. The van der Waals surface area contributed by atoms with E-state index in [1.807, 2.05) is 18.2 Å². The lowest BCUT2D eigenvalue weighted by molar-refractivity contribution is 0.687. The highest BCUT2D eigenvalue weighted by Crippen LogP contribution is 2.33. The van der Waals surface area contributed by atoms with E-state index >= 15 is 0 Å². The summed E-state index contributed by atoms with van der Waals surface area (Å²) in [6.45, 7) is 0.999. The molecule has 1 saturated carbocycles. The van der Waals surface area contributed by atoms with E-state index in [0.717, 1.165) is 23.7 Å². The predicted molar refractivity (Wildman–Crippen MR) is 77.8 cm³/mol. The summed E-state index contributed by atoms with van der Waals surface area (Å²) >= 11 is 11.0. The molecule has 1 aromatic carbocycles. The first kappa shape index (κ1) is 12.7. The fourth-order valence-electron chi connectivity index (χ4n) is 1.85. The highest BCUT2D eigenvalue weighted by Gasteiger charge is 2.19. The van der Waals surface area contributed by atoms with Crippen molar-refractivity contribution in [2.75, 3.05) is 11.9 Å². The van der Waals surface area contributed by atoms with Crippen molar-refractivity contribution in [2.24, 2.45) is 11.7 Å². The van der Waals surface area contributed by atoms with Gasteiger partial charge in [-0.15, -0.1) is 0 Å². The first-order valence-electron chi connectivity index (χ1n) is 6.00. The Hall–Kier alpha value is -0.800. The van der Waals surface area contributed by atoms with Crippen LogP contribution in [0.25, 0.3) is 0 Å². The van der Waals surface area contributed by atoms with Gasteiger partial charge in [-0.05, 0) is 37.0 Å². The molecular weight excluding hydrogens is 252 g/mol. The van der Waals surface area contributed by atoms with Gasteiger partial charge in [0.1, 0.15) is 4.99 Å². The molecule has 0 saturated heterocycles. The monoisotopic (exact) mass is 268 g/mol. The second-order valence-corrected chi connectivity index (χ2v) is 5.42. The summed E-state index contributed by atoms with van der Waals surface area (Å²) in [5, 5.41) is 3.98. The molecule has 1 aliphatic carbocycles. The molecule has 0 bridgehead atoms. The molecule has 2 nitrogen and oxygen atoms in total. The molecule has 17 heavy (non-hydrogen) atoms. The van der Waals surface area contributed by atoms with Crippen LogP contribution in [-0.4, -0.2) is 11.5 Å². The third kappa shape index (κ3) is 3.86. The average molecular weight is 269 g/mol. The van der Waals surface area contributed by atoms with Gasteiger partial charge in [0, 0.05) is 17.8 Å². The number of nitrogens with one attached hydrogen (secondary N) is 1. The van der Waals surface area contributed by atoms with Crippen LogP contribution in [0.4, 0.5) is 5.69 Å². The van der Waals surface area contributed by atoms with Gasteiger partial charge >= 0.3 is 0 Å². The molecule has 0 heterocycles. The lowest BCUT2D eigenvalue weighted by Crippen LogP contribution is -2.10. The molecule has 2 rings (SSSR count). The molecule has 1 fully saturated rings. The number of thiocarbonyl (C=S) groups is 1. The van der Waals surface area contributed by atoms with Crippen molar-refractivity contribution in [1.29, 1.82) is 0 Å². The zero-order valence-electron chi connectivity index (χ0n) is 9.71. The molecule has 0 atom stereocenters. The van der Waals surface area contributed by atoms with Crippen molar-refractivity contribution in [1.82, 2.24) is 0 Å². The second-order valence-electron chi connectivity index (χ2n) is 4.57. The smallest absolute Gasteiger partial charge is 0.105 e. The fourth-order valence-corrected chi connectivity index (χ4v) is 2.37. The Morgan fingerprint density at radius 1 is 1.47 bits per heavy atom. The van der Waals surface area contributed by atoms with Crippen LogP contribution in [0.5, 0.6) is 0 Å². The number of halogens is 1. The van der Waals surface area contributed by atoms with Crippen LogP contribution in [0.1, 0.15) is 31.2 Å². The molecule has 92 valence electrons. The topological polar surface area (TPSA) is 38.0 Å². The van der Waals surface area contributed by atoms with Crippen molar-refractivity contribution >= 4 is 34.5 Å². The van der Waals surface area contributed by atoms with E-state index < -0.39 is 0 Å². The summed E-state index contributed by atoms with van der Waals surface area (Å²) in [6.07, 6.45) is 5.41. The lowest BCUT2D eigenvalue weighted by atomic mass is 10.2. The largest absolute Gasteiger partial charge is 0.389 e. The summed E-state index contributed by atoms with van der Waals surface area (Å²) in [4.78, 5) is 0.343. The molecule has 1 aliphatic rings. The van der Waals surface area contributed by atoms with Crippen LogP contribution in [0.15, 0.2) is 18.2 Å². The normalized spacial score (nSPS) is 14.6. The van der Waals surface area contributed by atoms with Crippen molar-refractivity contribution in [3.63, 3.8) is 0 Å². The molecule has 0 amide bonds. The summed E-state index contributed by atoms with van der Waals surface area (Å²) in [6, 6.07) is 5.72. The minimum atomic E-state index is 0.343. The predicted octanol–water partition coefficient (Wildman–Crippen LogP) is 3.58. The third-order valence-corrected chi connectivity index (χ3v) is 3.58. The zero-order valence-corrected chi connectivity index (χ0v) is 11.3. The van der Waals surface area contributed by atoms with Gasteiger partial charge in [0.15, 0.2) is 0 Å². The van der Waals surface area contributed by atoms with Gasteiger partial charge in [-0.3, -0.25) is 0 Å². The van der Waals surface area contributed by atoms with Gasteiger partial charge in [0.2, 0.25) is 0 Å². The Morgan fingerprint density at radius 3 is 2.82 bits per heavy atom. The summed E-state index contributed by atoms with van der Waals surface area (Å²) in [5.41, 5.74) is 7.33. The molecule has 0 radical (unpaired) electrons. The van der Waals surface area contributed by atoms with E-state index in [4.69, 9.17) is 29.6 Å². The number of rotatable bonds is 6. The second kappa shape index (κ2) is 5.69. The summed E-state index contributed by atoms with van der Waals surface area (Å²) in [7, 11) is 0. The first-order valence-corrected chi connectivity index (χ1v) is 6.78. The summed E-state index contributed by atoms with van der Waals surface area (Å²) in [5.74, 6) is 0.998. The Balaban J connectivity index is 1.83. The molecule has 0 unspecified atom stereocenters. The Bertz CT molecular complexity index is 416. The molecule has 3 N–H and O–H groups in total. The van der Waals surface area contributed by atoms with Gasteiger partial charge in [0.05, 0.1) is 5.02 Å². The average Bonchev–Trinajstić information content (AvgIpc) is 3.08. The van der Waals surface area contributed by atoms with Gasteiger partial charge in [-0.1, -0.05) is 36.7 Å². The molecule has 0 spiro atoms. The van der Waals surface area contributed by atoms with E-state index in [-0.39, 0.29) is 0 Å². The quantitative estimate of drug-likeness (QED) is 0.612. The van der Waals surface area contributed by atoms with E-state index in [1.165, 1.54) is 25.7 Å². The Kier molecular flexibility index (Phi) is 4.24. The van der Waals surface area contributed by atoms with E-state index in [9.17, 15) is 0 Å². The maximum absolute atomic E-state index is 6.09. The lowest BCUT2D eigenvalue weighted by Gasteiger charge is -2.08. The molecule has 4 heteroatoms. The molecular formula is C13H17ClN2S. The fraction of sp³-hybridized carbons (Fsp3) is 0.462.